The fourth-order valence-corrected chi connectivity index (χ4v) is 3.87. The van der Waals surface area contributed by atoms with Crippen LogP contribution < -0.4 is 14.2 Å². The van der Waals surface area contributed by atoms with Gasteiger partial charge in [0.25, 0.3) is 0 Å². The molecule has 0 fully saturated rings. The van der Waals surface area contributed by atoms with Gasteiger partial charge >= 0.3 is 11.9 Å². The van der Waals surface area contributed by atoms with Crippen molar-refractivity contribution in [3.8, 4) is 17.2 Å². The average molecular weight is 542 g/mol. The van der Waals surface area contributed by atoms with Crippen LogP contribution in [0.4, 0.5) is 8.78 Å². The number of benzene rings is 2. The summed E-state index contributed by atoms with van der Waals surface area (Å²) in [7, 11) is 1.35. The van der Waals surface area contributed by atoms with E-state index in [-0.39, 0.29) is 35.8 Å². The van der Waals surface area contributed by atoms with Crippen LogP contribution >= 0.6 is 0 Å². The smallest absolute Gasteiger partial charge is 0.309 e. The Morgan fingerprint density at radius 1 is 1.00 bits per heavy atom. The number of esters is 2. The second kappa shape index (κ2) is 13.5. The normalized spacial score (nSPS) is 13.1. The average Bonchev–Trinajstić information content (AvgIpc) is 2.92. The molecule has 2 aromatic carbocycles. The highest BCUT2D eigenvalue weighted by molar-refractivity contribution is 6.00. The minimum atomic E-state index is -0.977. The molecule has 8 nitrogen and oxygen atoms in total. The molecule has 3 atom stereocenters. The summed E-state index contributed by atoms with van der Waals surface area (Å²) in [6, 6.07) is 12.9. The number of pyridine rings is 1. The molecule has 39 heavy (non-hydrogen) atoms. The molecule has 0 amide bonds. The van der Waals surface area contributed by atoms with Crippen LogP contribution in [0.1, 0.15) is 55.8 Å². The zero-order chi connectivity index (χ0) is 28.5. The van der Waals surface area contributed by atoms with Gasteiger partial charge in [0.2, 0.25) is 5.75 Å². The second-order valence-corrected chi connectivity index (χ2v) is 8.68. The molecule has 0 unspecified atom stereocenters. The number of nitrogens with zero attached hydrogens (tertiary/aromatic N) is 1. The summed E-state index contributed by atoms with van der Waals surface area (Å²) in [6.07, 6.45) is -0.632. The van der Waals surface area contributed by atoms with E-state index in [1.807, 2.05) is 0 Å². The first-order valence-corrected chi connectivity index (χ1v) is 12.3. The van der Waals surface area contributed by atoms with Crippen LogP contribution in [0.15, 0.2) is 60.8 Å². The highest BCUT2D eigenvalue weighted by atomic mass is 19.1. The number of rotatable bonds is 12. The van der Waals surface area contributed by atoms with Gasteiger partial charge in [-0.15, -0.1) is 0 Å². The topological polar surface area (TPSA) is 101 Å². The number of Topliss-reactive ketones (excluding diaryl/α,β-unsaturated/α-hetero) is 1. The van der Waals surface area contributed by atoms with Gasteiger partial charge in [0.05, 0.1) is 13.0 Å². The quantitative estimate of drug-likeness (QED) is 0.214. The van der Waals surface area contributed by atoms with E-state index in [2.05, 4.69) is 4.98 Å². The van der Waals surface area contributed by atoms with Gasteiger partial charge in [-0.1, -0.05) is 37.3 Å². The lowest BCUT2D eigenvalue weighted by Gasteiger charge is -2.27. The molecule has 0 saturated carbocycles. The van der Waals surface area contributed by atoms with Crippen molar-refractivity contribution in [2.24, 2.45) is 5.92 Å². The molecular weight excluding hydrogens is 512 g/mol. The zero-order valence-electron chi connectivity index (χ0n) is 22.0. The molecule has 0 aliphatic heterocycles. The number of halogens is 2. The summed E-state index contributed by atoms with van der Waals surface area (Å²) in [4.78, 5) is 41.9. The lowest BCUT2D eigenvalue weighted by atomic mass is 9.97. The van der Waals surface area contributed by atoms with Gasteiger partial charge in [-0.25, -0.2) is 13.8 Å². The fourth-order valence-electron chi connectivity index (χ4n) is 3.87. The summed E-state index contributed by atoms with van der Waals surface area (Å²) >= 11 is 0. The molecule has 206 valence electrons. The Bertz CT molecular complexity index is 1320. The summed E-state index contributed by atoms with van der Waals surface area (Å²) in [5.74, 6) is -4.59. The van der Waals surface area contributed by atoms with Gasteiger partial charge in [-0.2, -0.15) is 0 Å². The maximum Gasteiger partial charge on any atom is 0.309 e. The van der Waals surface area contributed by atoms with Crippen molar-refractivity contribution in [2.45, 2.75) is 45.8 Å². The Morgan fingerprint density at radius 2 is 1.72 bits per heavy atom. The Balaban J connectivity index is 1.80. The number of carbonyl (C=O) groups excluding carboxylic acids is 3. The van der Waals surface area contributed by atoms with Crippen LogP contribution in [0, 0.1) is 17.6 Å². The number of methoxy groups -OCH3 is 1. The summed E-state index contributed by atoms with van der Waals surface area (Å²) in [5.41, 5.74) is 0.410. The summed E-state index contributed by atoms with van der Waals surface area (Å²) < 4.78 is 49.9. The maximum absolute atomic E-state index is 14.3. The minimum absolute atomic E-state index is 0.135. The fraction of sp³-hybridized carbons (Fsp3) is 0.310. The molecule has 3 rings (SSSR count). The van der Waals surface area contributed by atoms with E-state index in [9.17, 15) is 23.2 Å². The number of hydrogen-bond acceptors (Lipinski definition) is 8. The van der Waals surface area contributed by atoms with Crippen molar-refractivity contribution in [3.63, 3.8) is 0 Å². The van der Waals surface area contributed by atoms with Crippen molar-refractivity contribution in [1.82, 2.24) is 4.98 Å². The van der Waals surface area contributed by atoms with E-state index >= 15 is 0 Å². The number of ketones is 1. The highest BCUT2D eigenvalue weighted by Crippen LogP contribution is 2.33. The Labute approximate surface area is 224 Å². The molecule has 0 aliphatic carbocycles. The monoisotopic (exact) mass is 541 g/mol. The molecular formula is C29H29F2NO7. The summed E-state index contributed by atoms with van der Waals surface area (Å²) in [5, 5.41) is 0. The Kier molecular flexibility index (Phi) is 10.1. The highest BCUT2D eigenvalue weighted by Gasteiger charge is 2.31. The van der Waals surface area contributed by atoms with E-state index in [1.54, 1.807) is 44.2 Å². The second-order valence-electron chi connectivity index (χ2n) is 8.68. The number of carbonyl (C=O) groups is 3. The molecule has 3 aromatic rings. The third kappa shape index (κ3) is 7.59. The molecule has 0 bridgehead atoms. The van der Waals surface area contributed by atoms with Crippen LogP contribution in [0.3, 0.4) is 0 Å². The van der Waals surface area contributed by atoms with E-state index in [1.165, 1.54) is 26.3 Å². The van der Waals surface area contributed by atoms with Crippen molar-refractivity contribution in [2.75, 3.05) is 7.11 Å². The Hall–Kier alpha value is -4.34. The number of ether oxygens (including phenoxy) is 4. The predicted molar refractivity (Wildman–Crippen MR) is 137 cm³/mol. The molecule has 0 N–H and O–H groups in total. The molecule has 1 heterocycles. The lowest BCUT2D eigenvalue weighted by Crippen LogP contribution is -2.31. The third-order valence-corrected chi connectivity index (χ3v) is 5.86. The van der Waals surface area contributed by atoms with Gasteiger partial charge in [0.15, 0.2) is 34.9 Å². The van der Waals surface area contributed by atoms with Gasteiger partial charge < -0.3 is 18.9 Å². The molecule has 0 aliphatic rings. The zero-order valence-corrected chi connectivity index (χ0v) is 22.0. The van der Waals surface area contributed by atoms with Crippen LogP contribution in [-0.2, 0) is 14.3 Å². The first-order chi connectivity index (χ1) is 18.6. The predicted octanol–water partition coefficient (Wildman–Crippen LogP) is 5.64. The first kappa shape index (κ1) is 29.2. The molecule has 0 radical (unpaired) electrons. The van der Waals surface area contributed by atoms with E-state index in [4.69, 9.17) is 18.9 Å². The SMILES string of the molecule is CC[C@H](CC(=O)c1nccc(OC)c1OC(C)=O)C(=O)O[C@@H](C)[C@H](Oc1cc(F)ccc1F)c1ccccc1. The standard InChI is InChI=1S/C29H29F2NO7/c1-5-19(15-23(34)26-28(38-18(3)33)24(36-4)13-14-32-26)29(35)37-17(2)27(20-9-7-6-8-10-20)39-25-16-21(30)11-12-22(25)31/h6-14,16-17,19,27H,5,15H2,1-4H3/t17-,19+,27-/m0/s1. The van der Waals surface area contributed by atoms with E-state index < -0.39 is 47.5 Å². The molecule has 0 spiro atoms. The molecule has 0 saturated heterocycles. The molecule has 1 aromatic heterocycles. The Morgan fingerprint density at radius 3 is 2.36 bits per heavy atom. The first-order valence-electron chi connectivity index (χ1n) is 12.3. The van der Waals surface area contributed by atoms with Gasteiger partial charge in [-0.05, 0) is 31.0 Å². The van der Waals surface area contributed by atoms with Crippen molar-refractivity contribution >= 4 is 17.7 Å². The number of hydrogen-bond donors (Lipinski definition) is 0. The number of aromatic nitrogens is 1. The summed E-state index contributed by atoms with van der Waals surface area (Å²) in [6.45, 7) is 4.45. The van der Waals surface area contributed by atoms with Crippen LogP contribution in [0.5, 0.6) is 17.2 Å². The van der Waals surface area contributed by atoms with Crippen molar-refractivity contribution < 1.29 is 42.1 Å². The van der Waals surface area contributed by atoms with Crippen molar-refractivity contribution in [1.29, 1.82) is 0 Å². The van der Waals surface area contributed by atoms with E-state index in [0.29, 0.717) is 5.56 Å². The maximum atomic E-state index is 14.3. The largest absolute Gasteiger partial charge is 0.493 e. The minimum Gasteiger partial charge on any atom is -0.493 e. The van der Waals surface area contributed by atoms with Crippen LogP contribution in [0.25, 0.3) is 0 Å². The van der Waals surface area contributed by atoms with Gasteiger partial charge in [-0.3, -0.25) is 14.4 Å². The van der Waals surface area contributed by atoms with Gasteiger partial charge in [0.1, 0.15) is 11.9 Å². The third-order valence-electron chi connectivity index (χ3n) is 5.86. The van der Waals surface area contributed by atoms with E-state index in [0.717, 1.165) is 18.2 Å². The van der Waals surface area contributed by atoms with Crippen LogP contribution in [0.2, 0.25) is 0 Å². The van der Waals surface area contributed by atoms with Crippen LogP contribution in [-0.4, -0.2) is 35.9 Å². The molecule has 10 heteroatoms. The lowest BCUT2D eigenvalue weighted by molar-refractivity contribution is -0.158. The van der Waals surface area contributed by atoms with Crippen molar-refractivity contribution in [3.05, 3.63) is 83.7 Å². The van der Waals surface area contributed by atoms with Gasteiger partial charge in [0, 0.05) is 31.7 Å².